The number of anilines is 1. The number of benzene rings is 1. The molecule has 4 N–H and O–H groups in total. The van der Waals surface area contributed by atoms with E-state index in [2.05, 4.69) is 15.4 Å². The van der Waals surface area contributed by atoms with Gasteiger partial charge >= 0.3 is 0 Å². The highest BCUT2D eigenvalue weighted by Gasteiger charge is 2.17. The highest BCUT2D eigenvalue weighted by atomic mass is 16.5. The van der Waals surface area contributed by atoms with Crippen molar-refractivity contribution >= 4 is 5.82 Å². The molecule has 0 radical (unpaired) electrons. The van der Waals surface area contributed by atoms with E-state index in [-0.39, 0.29) is 12.5 Å². The number of nitrogen functional groups attached to an aromatic ring is 1. The Morgan fingerprint density at radius 2 is 2.05 bits per heavy atom. The second-order valence-electron chi connectivity index (χ2n) is 4.92. The number of nitrogens with two attached hydrogens (primary N) is 1. The number of aliphatic hydroxyl groups is 1. The van der Waals surface area contributed by atoms with Crippen molar-refractivity contribution in [2.45, 2.75) is 26.2 Å². The van der Waals surface area contributed by atoms with E-state index in [4.69, 9.17) is 15.7 Å². The molecule has 6 heteroatoms. The lowest BCUT2D eigenvalue weighted by atomic mass is 10.1. The number of aromatic nitrogens is 2. The van der Waals surface area contributed by atoms with E-state index in [1.54, 1.807) is 0 Å². The number of hydrogen-bond acceptors (Lipinski definition) is 6. The van der Waals surface area contributed by atoms with Crippen molar-refractivity contribution in [3.8, 4) is 11.6 Å². The summed E-state index contributed by atoms with van der Waals surface area (Å²) in [6, 6.07) is 7.57. The van der Waals surface area contributed by atoms with E-state index in [1.807, 2.05) is 38.1 Å². The van der Waals surface area contributed by atoms with Crippen molar-refractivity contribution in [3.63, 3.8) is 0 Å². The Labute approximate surface area is 124 Å². The summed E-state index contributed by atoms with van der Waals surface area (Å²) in [7, 11) is 0. The Morgan fingerprint density at radius 1 is 1.29 bits per heavy atom. The summed E-state index contributed by atoms with van der Waals surface area (Å²) in [4.78, 5) is 8.33. The van der Waals surface area contributed by atoms with Gasteiger partial charge in [-0.3, -0.25) is 0 Å². The number of rotatable bonds is 6. The molecule has 0 unspecified atom stereocenters. The van der Waals surface area contributed by atoms with Crippen LogP contribution in [0.2, 0.25) is 0 Å². The molecule has 0 aliphatic carbocycles. The van der Waals surface area contributed by atoms with Crippen molar-refractivity contribution in [1.29, 1.82) is 0 Å². The largest absolute Gasteiger partial charge is 0.438 e. The summed E-state index contributed by atoms with van der Waals surface area (Å²) in [5, 5.41) is 9.13. The summed E-state index contributed by atoms with van der Waals surface area (Å²) in [5.74, 6) is 7.35. The van der Waals surface area contributed by atoms with Gasteiger partial charge in [0.15, 0.2) is 5.82 Å². The molecule has 0 bridgehead atoms. The number of nitrogens with one attached hydrogen (secondary N) is 1. The van der Waals surface area contributed by atoms with Gasteiger partial charge in [-0.1, -0.05) is 32.0 Å². The Hall–Kier alpha value is -2.18. The third-order valence-corrected chi connectivity index (χ3v) is 3.12. The molecular formula is C15H20N4O2. The molecule has 0 atom stereocenters. The minimum atomic E-state index is 0.0663. The molecule has 1 aromatic heterocycles. The fourth-order valence-corrected chi connectivity index (χ4v) is 2.13. The molecule has 1 aromatic carbocycles. The van der Waals surface area contributed by atoms with Crippen LogP contribution in [0.1, 0.15) is 30.9 Å². The first kappa shape index (κ1) is 15.2. The van der Waals surface area contributed by atoms with Gasteiger partial charge in [-0.25, -0.2) is 15.8 Å². The average molecular weight is 288 g/mol. The summed E-state index contributed by atoms with van der Waals surface area (Å²) in [6.45, 7) is 4.11. The summed E-state index contributed by atoms with van der Waals surface area (Å²) >= 11 is 0. The van der Waals surface area contributed by atoms with Crippen LogP contribution in [0, 0.1) is 0 Å². The lowest BCUT2D eigenvalue weighted by Crippen LogP contribution is -2.13. The van der Waals surface area contributed by atoms with Gasteiger partial charge in [0.05, 0.1) is 5.56 Å². The summed E-state index contributed by atoms with van der Waals surface area (Å²) < 4.78 is 5.94. The van der Waals surface area contributed by atoms with Crippen LogP contribution >= 0.6 is 0 Å². The van der Waals surface area contributed by atoms with Gasteiger partial charge in [0.25, 0.3) is 0 Å². The van der Waals surface area contributed by atoms with E-state index in [0.717, 1.165) is 11.1 Å². The zero-order valence-electron chi connectivity index (χ0n) is 12.2. The first-order valence-electron chi connectivity index (χ1n) is 6.85. The van der Waals surface area contributed by atoms with E-state index in [0.29, 0.717) is 23.9 Å². The highest BCUT2D eigenvalue weighted by molar-refractivity contribution is 5.51. The molecule has 0 saturated heterocycles. The molecule has 6 nitrogen and oxygen atoms in total. The Kier molecular flexibility index (Phi) is 5.08. The summed E-state index contributed by atoms with van der Waals surface area (Å²) in [5.41, 5.74) is 4.32. The quantitative estimate of drug-likeness (QED) is 0.557. The van der Waals surface area contributed by atoms with Gasteiger partial charge in [0.1, 0.15) is 12.1 Å². The lowest BCUT2D eigenvalue weighted by Gasteiger charge is -2.16. The van der Waals surface area contributed by atoms with Crippen LogP contribution in [0.3, 0.4) is 0 Å². The normalized spacial score (nSPS) is 10.7. The molecule has 21 heavy (non-hydrogen) atoms. The maximum Gasteiger partial charge on any atom is 0.227 e. The molecular weight excluding hydrogens is 268 g/mol. The van der Waals surface area contributed by atoms with Gasteiger partial charge in [-0.2, -0.15) is 0 Å². The van der Waals surface area contributed by atoms with Gasteiger partial charge in [0, 0.05) is 6.61 Å². The predicted molar refractivity (Wildman–Crippen MR) is 81.2 cm³/mol. The molecule has 0 spiro atoms. The lowest BCUT2D eigenvalue weighted by molar-refractivity contribution is 0.297. The minimum absolute atomic E-state index is 0.0663. The van der Waals surface area contributed by atoms with Gasteiger partial charge in [0.2, 0.25) is 5.88 Å². The third-order valence-electron chi connectivity index (χ3n) is 3.12. The van der Waals surface area contributed by atoms with Crippen LogP contribution < -0.4 is 16.0 Å². The first-order valence-corrected chi connectivity index (χ1v) is 6.85. The number of hydrazine groups is 1. The maximum absolute atomic E-state index is 9.13. The molecule has 2 aromatic rings. The molecule has 112 valence electrons. The molecule has 2 rings (SSSR count). The topological polar surface area (TPSA) is 93.3 Å². The van der Waals surface area contributed by atoms with Gasteiger partial charge in [-0.05, 0) is 24.0 Å². The Bertz CT molecular complexity index is 602. The fraction of sp³-hybridized carbons (Fsp3) is 0.333. The molecule has 0 saturated carbocycles. The molecule has 0 aliphatic rings. The second-order valence-corrected chi connectivity index (χ2v) is 4.92. The van der Waals surface area contributed by atoms with Crippen LogP contribution in [0.25, 0.3) is 0 Å². The average Bonchev–Trinajstić information content (AvgIpc) is 2.49. The smallest absolute Gasteiger partial charge is 0.227 e. The first-order chi connectivity index (χ1) is 10.2. The SMILES string of the molecule is CC(C)c1c(NN)ncnc1Oc1ccccc1CCO. The monoisotopic (exact) mass is 288 g/mol. The van der Waals surface area contributed by atoms with Crippen LogP contribution in [0.4, 0.5) is 5.82 Å². The molecule has 0 amide bonds. The number of para-hydroxylation sites is 1. The van der Waals surface area contributed by atoms with Crippen molar-refractivity contribution in [1.82, 2.24) is 9.97 Å². The highest BCUT2D eigenvalue weighted by Crippen LogP contribution is 2.33. The third kappa shape index (κ3) is 3.48. The Morgan fingerprint density at radius 3 is 2.71 bits per heavy atom. The number of hydrogen-bond donors (Lipinski definition) is 3. The van der Waals surface area contributed by atoms with Crippen LogP contribution in [-0.2, 0) is 6.42 Å². The van der Waals surface area contributed by atoms with Crippen molar-refractivity contribution in [2.75, 3.05) is 12.0 Å². The molecule has 1 heterocycles. The number of nitrogens with zero attached hydrogens (tertiary/aromatic N) is 2. The van der Waals surface area contributed by atoms with E-state index in [1.165, 1.54) is 6.33 Å². The standard InChI is InChI=1S/C15H20N4O2/c1-10(2)13-14(19-16)17-9-18-15(13)21-12-6-4-3-5-11(12)7-8-20/h3-6,9-10,20H,7-8,16H2,1-2H3,(H,17,18,19). The van der Waals surface area contributed by atoms with Crippen molar-refractivity contribution in [3.05, 3.63) is 41.7 Å². The van der Waals surface area contributed by atoms with E-state index >= 15 is 0 Å². The zero-order valence-corrected chi connectivity index (χ0v) is 12.2. The van der Waals surface area contributed by atoms with Crippen LogP contribution in [0.15, 0.2) is 30.6 Å². The number of ether oxygens (including phenoxy) is 1. The summed E-state index contributed by atoms with van der Waals surface area (Å²) in [6.07, 6.45) is 1.94. The van der Waals surface area contributed by atoms with E-state index in [9.17, 15) is 0 Å². The van der Waals surface area contributed by atoms with Gasteiger partial charge < -0.3 is 15.3 Å². The van der Waals surface area contributed by atoms with Crippen molar-refractivity contribution < 1.29 is 9.84 Å². The van der Waals surface area contributed by atoms with Gasteiger partial charge in [-0.15, -0.1) is 0 Å². The predicted octanol–water partition coefficient (Wildman–Crippen LogP) is 2.21. The molecule has 0 aliphatic heterocycles. The second kappa shape index (κ2) is 7.01. The van der Waals surface area contributed by atoms with Crippen molar-refractivity contribution in [2.24, 2.45) is 5.84 Å². The maximum atomic E-state index is 9.13. The molecule has 0 fully saturated rings. The minimum Gasteiger partial charge on any atom is -0.438 e. The Balaban J connectivity index is 2.40. The van der Waals surface area contributed by atoms with E-state index < -0.39 is 0 Å². The van der Waals surface area contributed by atoms with Crippen LogP contribution in [-0.4, -0.2) is 21.7 Å². The zero-order chi connectivity index (χ0) is 15.2. The fourth-order valence-electron chi connectivity index (χ4n) is 2.13. The van der Waals surface area contributed by atoms with Crippen LogP contribution in [0.5, 0.6) is 11.6 Å². The number of aliphatic hydroxyl groups excluding tert-OH is 1.